The number of fused-ring (bicyclic) bond motifs is 1. The number of carbonyl (C=O) groups is 1. The molecule has 0 saturated heterocycles. The molecule has 1 unspecified atom stereocenters. The van der Waals surface area contributed by atoms with E-state index in [1.807, 2.05) is 19.9 Å². The van der Waals surface area contributed by atoms with Crippen LogP contribution >= 0.6 is 0 Å². The molecule has 120 valence electrons. The van der Waals surface area contributed by atoms with Crippen LogP contribution in [0.1, 0.15) is 75.4 Å². The second-order valence-corrected chi connectivity index (χ2v) is 5.79. The van der Waals surface area contributed by atoms with E-state index in [4.69, 9.17) is 0 Å². The Bertz CT molecular complexity index is 563. The van der Waals surface area contributed by atoms with Gasteiger partial charge in [-0.1, -0.05) is 71.9 Å². The van der Waals surface area contributed by atoms with Crippen molar-refractivity contribution in [3.63, 3.8) is 0 Å². The first kappa shape index (κ1) is 18.4. The molecule has 2 rings (SSSR count). The van der Waals surface area contributed by atoms with E-state index < -0.39 is 0 Å². The predicted molar refractivity (Wildman–Crippen MR) is 97.3 cm³/mol. The fraction of sp³-hybridized carbons (Fsp3) is 0.476. The number of ketones is 1. The summed E-state index contributed by atoms with van der Waals surface area (Å²) < 4.78 is 0. The lowest BCUT2D eigenvalue weighted by Crippen LogP contribution is -2.12. The first-order valence-corrected chi connectivity index (χ1v) is 8.61. The highest BCUT2D eigenvalue weighted by atomic mass is 16.1. The van der Waals surface area contributed by atoms with Crippen LogP contribution < -0.4 is 0 Å². The summed E-state index contributed by atoms with van der Waals surface area (Å²) in [5.74, 6) is 0.888. The minimum Gasteiger partial charge on any atom is -0.294 e. The van der Waals surface area contributed by atoms with Crippen molar-refractivity contribution in [3.8, 4) is 0 Å². The van der Waals surface area contributed by atoms with Gasteiger partial charge in [0, 0.05) is 12.0 Å². The van der Waals surface area contributed by atoms with Gasteiger partial charge >= 0.3 is 0 Å². The fourth-order valence-corrected chi connectivity index (χ4v) is 2.56. The summed E-state index contributed by atoms with van der Waals surface area (Å²) in [5.41, 5.74) is 5.30. The molecule has 1 nitrogen and oxygen atoms in total. The zero-order valence-corrected chi connectivity index (χ0v) is 14.8. The molecule has 1 aromatic rings. The molecular formula is C21H30O. The minimum atomic E-state index is 0.227. The van der Waals surface area contributed by atoms with Gasteiger partial charge in [-0.25, -0.2) is 0 Å². The molecule has 1 aliphatic carbocycles. The fourth-order valence-electron chi connectivity index (χ4n) is 2.56. The third-order valence-electron chi connectivity index (χ3n) is 4.32. The number of benzene rings is 1. The van der Waals surface area contributed by atoms with Crippen LogP contribution in [0.5, 0.6) is 0 Å². The van der Waals surface area contributed by atoms with E-state index >= 15 is 0 Å². The average molecular weight is 298 g/mol. The summed E-state index contributed by atoms with van der Waals surface area (Å²) in [5, 5.41) is 0. The second-order valence-electron chi connectivity index (χ2n) is 5.79. The summed E-state index contributed by atoms with van der Waals surface area (Å²) in [6.45, 7) is 14.8. The van der Waals surface area contributed by atoms with Crippen LogP contribution in [-0.2, 0) is 6.42 Å². The molecule has 0 N–H and O–H groups in total. The topological polar surface area (TPSA) is 17.1 Å². The van der Waals surface area contributed by atoms with Crippen molar-refractivity contribution in [2.75, 3.05) is 0 Å². The number of hydrogen-bond acceptors (Lipinski definition) is 1. The number of Topliss-reactive ketones (excluding diaryl/α,β-unsaturated/α-hetero) is 1. The Morgan fingerprint density at radius 3 is 2.50 bits per heavy atom. The van der Waals surface area contributed by atoms with Crippen molar-refractivity contribution in [2.24, 2.45) is 5.92 Å². The lowest BCUT2D eigenvalue weighted by Gasteiger charge is -2.21. The molecular weight excluding hydrogens is 268 g/mol. The van der Waals surface area contributed by atoms with Crippen molar-refractivity contribution >= 4 is 11.4 Å². The van der Waals surface area contributed by atoms with Crippen LogP contribution in [-0.4, -0.2) is 5.78 Å². The third kappa shape index (κ3) is 4.19. The third-order valence-corrected chi connectivity index (χ3v) is 4.32. The van der Waals surface area contributed by atoms with Crippen molar-refractivity contribution < 1.29 is 4.79 Å². The van der Waals surface area contributed by atoms with Gasteiger partial charge in [-0.3, -0.25) is 4.79 Å². The molecule has 0 spiro atoms. The van der Waals surface area contributed by atoms with Gasteiger partial charge < -0.3 is 0 Å². The maximum atomic E-state index is 12.3. The summed E-state index contributed by atoms with van der Waals surface area (Å²) in [7, 11) is 0. The van der Waals surface area contributed by atoms with Gasteiger partial charge in [-0.15, -0.1) is 0 Å². The Morgan fingerprint density at radius 2 is 1.91 bits per heavy atom. The SMILES string of the molecule is C=C1/C(=C/CC(C)CC)CC(=O)c2ccc(CC)cc21.CC. The highest BCUT2D eigenvalue weighted by molar-refractivity contribution is 6.08. The molecule has 0 amide bonds. The maximum Gasteiger partial charge on any atom is 0.167 e. The number of hydrogen-bond donors (Lipinski definition) is 0. The van der Waals surface area contributed by atoms with Gasteiger partial charge in [0.2, 0.25) is 0 Å². The largest absolute Gasteiger partial charge is 0.294 e. The van der Waals surface area contributed by atoms with Gasteiger partial charge in [0.25, 0.3) is 0 Å². The van der Waals surface area contributed by atoms with E-state index in [1.165, 1.54) is 12.0 Å². The number of aryl methyl sites for hydroxylation is 1. The van der Waals surface area contributed by atoms with Crippen molar-refractivity contribution in [1.82, 2.24) is 0 Å². The first-order valence-electron chi connectivity index (χ1n) is 8.61. The summed E-state index contributed by atoms with van der Waals surface area (Å²) in [4.78, 5) is 12.3. The molecule has 0 fully saturated rings. The zero-order chi connectivity index (χ0) is 16.7. The number of carbonyl (C=O) groups excluding carboxylic acids is 1. The molecule has 0 heterocycles. The van der Waals surface area contributed by atoms with E-state index in [0.29, 0.717) is 12.3 Å². The molecule has 0 aromatic heterocycles. The monoisotopic (exact) mass is 298 g/mol. The Balaban J connectivity index is 0.00000116. The molecule has 0 aliphatic heterocycles. The smallest absolute Gasteiger partial charge is 0.167 e. The highest BCUT2D eigenvalue weighted by Crippen LogP contribution is 2.35. The van der Waals surface area contributed by atoms with Gasteiger partial charge in [0.1, 0.15) is 0 Å². The summed E-state index contributed by atoms with van der Waals surface area (Å²) in [6.07, 6.45) is 5.91. The quantitative estimate of drug-likeness (QED) is 0.643. The molecule has 0 saturated carbocycles. The van der Waals surface area contributed by atoms with Crippen LogP contribution in [0.4, 0.5) is 0 Å². The predicted octanol–water partition coefficient (Wildman–Crippen LogP) is 6.24. The van der Waals surface area contributed by atoms with Crippen LogP contribution in [0.3, 0.4) is 0 Å². The van der Waals surface area contributed by atoms with Gasteiger partial charge in [-0.05, 0) is 41.0 Å². The maximum absolute atomic E-state index is 12.3. The van der Waals surface area contributed by atoms with E-state index in [-0.39, 0.29) is 5.78 Å². The average Bonchev–Trinajstić information content (AvgIpc) is 2.57. The van der Waals surface area contributed by atoms with Gasteiger partial charge in [0.15, 0.2) is 5.78 Å². The van der Waals surface area contributed by atoms with Gasteiger partial charge in [-0.2, -0.15) is 0 Å². The minimum absolute atomic E-state index is 0.227. The lowest BCUT2D eigenvalue weighted by atomic mass is 9.81. The molecule has 1 aliphatic rings. The van der Waals surface area contributed by atoms with Crippen LogP contribution in [0.25, 0.3) is 5.57 Å². The van der Waals surface area contributed by atoms with Crippen LogP contribution in [0.15, 0.2) is 36.4 Å². The molecule has 0 bridgehead atoms. The van der Waals surface area contributed by atoms with E-state index in [0.717, 1.165) is 35.1 Å². The Labute approximate surface area is 136 Å². The zero-order valence-electron chi connectivity index (χ0n) is 14.8. The van der Waals surface area contributed by atoms with Crippen LogP contribution in [0, 0.1) is 5.92 Å². The molecule has 1 aromatic carbocycles. The molecule has 0 radical (unpaired) electrons. The number of rotatable bonds is 4. The molecule has 1 atom stereocenters. The summed E-state index contributed by atoms with van der Waals surface area (Å²) >= 11 is 0. The standard InChI is InChI=1S/C19H24O.C2H6/c1-5-13(3)7-9-16-12-19(20)17-10-8-15(6-2)11-18(17)14(16)4;1-2/h8-11,13H,4-7,12H2,1-3H3;1-2H3/b16-9+;. The molecule has 22 heavy (non-hydrogen) atoms. The Hall–Kier alpha value is -1.63. The van der Waals surface area contributed by atoms with Crippen molar-refractivity contribution in [2.45, 2.75) is 60.3 Å². The Kier molecular flexibility index (Phi) is 7.31. The second kappa shape index (κ2) is 8.73. The number of allylic oxidation sites excluding steroid dienone is 3. The van der Waals surface area contributed by atoms with E-state index in [1.54, 1.807) is 0 Å². The normalized spacial score (nSPS) is 16.9. The first-order chi connectivity index (χ1) is 10.6. The Morgan fingerprint density at radius 1 is 1.23 bits per heavy atom. The van der Waals surface area contributed by atoms with Gasteiger partial charge in [0.05, 0.1) is 0 Å². The van der Waals surface area contributed by atoms with E-state index in [9.17, 15) is 4.79 Å². The van der Waals surface area contributed by atoms with Crippen molar-refractivity contribution in [1.29, 1.82) is 0 Å². The van der Waals surface area contributed by atoms with Crippen molar-refractivity contribution in [3.05, 3.63) is 53.1 Å². The van der Waals surface area contributed by atoms with E-state index in [2.05, 4.69) is 45.6 Å². The summed E-state index contributed by atoms with van der Waals surface area (Å²) in [6, 6.07) is 6.15. The van der Waals surface area contributed by atoms with Crippen LogP contribution in [0.2, 0.25) is 0 Å². The lowest BCUT2D eigenvalue weighted by molar-refractivity contribution is 0.0991. The highest BCUT2D eigenvalue weighted by Gasteiger charge is 2.23. The molecule has 1 heteroatoms.